The summed E-state index contributed by atoms with van der Waals surface area (Å²) in [6.45, 7) is 7.55. The van der Waals surface area contributed by atoms with E-state index in [9.17, 15) is 0 Å². The summed E-state index contributed by atoms with van der Waals surface area (Å²) in [5.74, 6) is 2.08. The first-order valence-electron chi connectivity index (χ1n) is 6.30. The highest BCUT2D eigenvalue weighted by Gasteiger charge is 2.25. The quantitative estimate of drug-likeness (QED) is 0.879. The molecule has 1 aliphatic rings. The van der Waals surface area contributed by atoms with E-state index in [-0.39, 0.29) is 0 Å². The normalized spacial score (nSPS) is 22.2. The van der Waals surface area contributed by atoms with Crippen molar-refractivity contribution in [3.05, 3.63) is 15.6 Å². The van der Waals surface area contributed by atoms with Crippen molar-refractivity contribution in [3.63, 3.8) is 0 Å². The number of nitrogens with zero attached hydrogens (tertiary/aromatic N) is 1. The molecule has 16 heavy (non-hydrogen) atoms. The lowest BCUT2D eigenvalue weighted by molar-refractivity contribution is 0.344. The molecule has 0 aliphatic heterocycles. The number of aryl methyl sites for hydroxylation is 1. The van der Waals surface area contributed by atoms with E-state index in [0.29, 0.717) is 12.5 Å². The molecule has 1 aromatic heterocycles. The largest absolute Gasteiger partial charge is 0.330 e. The summed E-state index contributed by atoms with van der Waals surface area (Å²) in [5, 5.41) is 1.25. The first-order chi connectivity index (χ1) is 7.61. The van der Waals surface area contributed by atoms with Crippen molar-refractivity contribution in [2.45, 2.75) is 46.0 Å². The molecule has 3 heteroatoms. The van der Waals surface area contributed by atoms with Gasteiger partial charge in [-0.1, -0.05) is 20.8 Å². The summed E-state index contributed by atoms with van der Waals surface area (Å²) in [6, 6.07) is 0. The van der Waals surface area contributed by atoms with Crippen molar-refractivity contribution < 1.29 is 0 Å². The highest BCUT2D eigenvalue weighted by atomic mass is 32.1. The van der Waals surface area contributed by atoms with Gasteiger partial charge in [-0.25, -0.2) is 4.98 Å². The molecule has 2 N–H and O–H groups in total. The van der Waals surface area contributed by atoms with Gasteiger partial charge < -0.3 is 5.73 Å². The fourth-order valence-electron chi connectivity index (χ4n) is 2.30. The summed E-state index contributed by atoms with van der Waals surface area (Å²) in [6.07, 6.45) is 3.72. The Balaban J connectivity index is 2.16. The first kappa shape index (κ1) is 12.1. The third-order valence-electron chi connectivity index (χ3n) is 3.71. The molecule has 0 saturated carbocycles. The molecule has 2 rings (SSSR count). The van der Waals surface area contributed by atoms with Crippen LogP contribution in [0, 0.1) is 11.8 Å². The third kappa shape index (κ3) is 2.30. The Morgan fingerprint density at radius 1 is 1.44 bits per heavy atom. The summed E-state index contributed by atoms with van der Waals surface area (Å²) in [5.41, 5.74) is 7.06. The number of thiazole rings is 1. The number of fused-ring (bicyclic) bond motifs is 1. The second-order valence-electron chi connectivity index (χ2n) is 5.31. The molecule has 0 radical (unpaired) electrons. The molecule has 0 spiro atoms. The van der Waals surface area contributed by atoms with Gasteiger partial charge in [0, 0.05) is 17.3 Å². The zero-order valence-corrected chi connectivity index (χ0v) is 11.3. The Bertz CT molecular complexity index is 357. The van der Waals surface area contributed by atoms with Gasteiger partial charge in [-0.15, -0.1) is 11.3 Å². The van der Waals surface area contributed by atoms with Crippen molar-refractivity contribution in [1.82, 2.24) is 4.98 Å². The lowest BCUT2D eigenvalue weighted by atomic mass is 9.83. The van der Waals surface area contributed by atoms with Crippen LogP contribution >= 0.6 is 11.3 Å². The summed E-state index contributed by atoms with van der Waals surface area (Å²) >= 11 is 1.90. The molecule has 1 aliphatic carbocycles. The molecule has 1 aromatic rings. The SMILES string of the molecule is CC(CN)c1nc2c(s1)CC(C(C)C)CC2. The van der Waals surface area contributed by atoms with Gasteiger partial charge in [-0.05, 0) is 31.1 Å². The standard InChI is InChI=1S/C13H22N2S/c1-8(2)10-4-5-11-12(6-10)16-13(15-11)9(3)7-14/h8-10H,4-7,14H2,1-3H3. The van der Waals surface area contributed by atoms with E-state index in [4.69, 9.17) is 10.7 Å². The molecule has 0 aromatic carbocycles. The van der Waals surface area contributed by atoms with E-state index in [2.05, 4.69) is 20.8 Å². The van der Waals surface area contributed by atoms with Gasteiger partial charge in [0.15, 0.2) is 0 Å². The molecule has 0 fully saturated rings. The molecule has 1 heterocycles. The van der Waals surface area contributed by atoms with Crippen LogP contribution in [0.5, 0.6) is 0 Å². The van der Waals surface area contributed by atoms with E-state index < -0.39 is 0 Å². The first-order valence-corrected chi connectivity index (χ1v) is 7.12. The fraction of sp³-hybridized carbons (Fsp3) is 0.769. The van der Waals surface area contributed by atoms with Crippen LogP contribution in [0.25, 0.3) is 0 Å². The molecule has 2 nitrogen and oxygen atoms in total. The number of nitrogens with two attached hydrogens (primary N) is 1. The van der Waals surface area contributed by atoms with Gasteiger partial charge in [-0.3, -0.25) is 0 Å². The van der Waals surface area contributed by atoms with Crippen molar-refractivity contribution in [1.29, 1.82) is 0 Å². The predicted molar refractivity (Wildman–Crippen MR) is 69.9 cm³/mol. The van der Waals surface area contributed by atoms with Crippen molar-refractivity contribution in [2.75, 3.05) is 6.54 Å². The zero-order chi connectivity index (χ0) is 11.7. The lowest BCUT2D eigenvalue weighted by Gasteiger charge is -2.24. The monoisotopic (exact) mass is 238 g/mol. The van der Waals surface area contributed by atoms with E-state index in [1.807, 2.05) is 11.3 Å². The van der Waals surface area contributed by atoms with E-state index in [1.54, 1.807) is 0 Å². The van der Waals surface area contributed by atoms with Crippen LogP contribution in [0.1, 0.15) is 48.7 Å². The minimum absolute atomic E-state index is 0.424. The average molecular weight is 238 g/mol. The van der Waals surface area contributed by atoms with Crippen LogP contribution in [0.3, 0.4) is 0 Å². The Hall–Kier alpha value is -0.410. The molecular weight excluding hydrogens is 216 g/mol. The van der Waals surface area contributed by atoms with Gasteiger partial charge in [0.2, 0.25) is 0 Å². The summed E-state index contributed by atoms with van der Waals surface area (Å²) in [7, 11) is 0. The smallest absolute Gasteiger partial charge is 0.0971 e. The highest BCUT2D eigenvalue weighted by molar-refractivity contribution is 7.11. The Labute approximate surface area is 102 Å². The number of rotatable bonds is 3. The number of hydrogen-bond acceptors (Lipinski definition) is 3. The van der Waals surface area contributed by atoms with Crippen molar-refractivity contribution in [3.8, 4) is 0 Å². The van der Waals surface area contributed by atoms with Crippen molar-refractivity contribution >= 4 is 11.3 Å². The minimum atomic E-state index is 0.424. The maximum atomic E-state index is 5.70. The van der Waals surface area contributed by atoms with Gasteiger partial charge in [0.1, 0.15) is 0 Å². The predicted octanol–water partition coefficient (Wildman–Crippen LogP) is 2.97. The Morgan fingerprint density at radius 2 is 2.19 bits per heavy atom. The summed E-state index contributed by atoms with van der Waals surface area (Å²) in [4.78, 5) is 6.28. The second-order valence-corrected chi connectivity index (χ2v) is 6.42. The van der Waals surface area contributed by atoms with Crippen molar-refractivity contribution in [2.24, 2.45) is 17.6 Å². The van der Waals surface area contributed by atoms with E-state index in [1.165, 1.54) is 34.8 Å². The lowest BCUT2D eigenvalue weighted by Crippen LogP contribution is -2.17. The van der Waals surface area contributed by atoms with Gasteiger partial charge in [-0.2, -0.15) is 0 Å². The molecular formula is C13H22N2S. The van der Waals surface area contributed by atoms with E-state index >= 15 is 0 Å². The maximum absolute atomic E-state index is 5.70. The number of hydrogen-bond donors (Lipinski definition) is 1. The zero-order valence-electron chi connectivity index (χ0n) is 10.5. The number of aromatic nitrogens is 1. The molecule has 2 atom stereocenters. The average Bonchev–Trinajstić information content (AvgIpc) is 2.70. The van der Waals surface area contributed by atoms with Gasteiger partial charge >= 0.3 is 0 Å². The topological polar surface area (TPSA) is 38.9 Å². The molecule has 2 unspecified atom stereocenters. The van der Waals surface area contributed by atoms with Crippen LogP contribution in [0.4, 0.5) is 0 Å². The molecule has 0 saturated heterocycles. The second kappa shape index (κ2) is 4.84. The maximum Gasteiger partial charge on any atom is 0.0971 e. The minimum Gasteiger partial charge on any atom is -0.330 e. The molecule has 0 amide bonds. The Kier molecular flexibility index (Phi) is 3.65. The third-order valence-corrected chi connectivity index (χ3v) is 5.06. The molecule has 0 bridgehead atoms. The Morgan fingerprint density at radius 3 is 2.81 bits per heavy atom. The van der Waals surface area contributed by atoms with E-state index in [0.717, 1.165) is 11.8 Å². The van der Waals surface area contributed by atoms with Crippen LogP contribution in [0.2, 0.25) is 0 Å². The molecule has 90 valence electrons. The van der Waals surface area contributed by atoms with Crippen LogP contribution < -0.4 is 5.73 Å². The highest BCUT2D eigenvalue weighted by Crippen LogP contribution is 2.35. The van der Waals surface area contributed by atoms with Crippen LogP contribution in [-0.2, 0) is 12.8 Å². The van der Waals surface area contributed by atoms with Crippen LogP contribution in [-0.4, -0.2) is 11.5 Å². The van der Waals surface area contributed by atoms with Gasteiger partial charge in [0.25, 0.3) is 0 Å². The summed E-state index contributed by atoms with van der Waals surface area (Å²) < 4.78 is 0. The van der Waals surface area contributed by atoms with Crippen LogP contribution in [0.15, 0.2) is 0 Å². The van der Waals surface area contributed by atoms with Gasteiger partial charge in [0.05, 0.1) is 10.7 Å². The fourth-order valence-corrected chi connectivity index (χ4v) is 3.57.